The van der Waals surface area contributed by atoms with Gasteiger partial charge in [0, 0.05) is 33.2 Å². The fourth-order valence-electron chi connectivity index (χ4n) is 3.15. The molecular formula is C26H38N2. The summed E-state index contributed by atoms with van der Waals surface area (Å²) in [5.41, 5.74) is 10.4. The number of fused-ring (bicyclic) bond motifs is 2. The van der Waals surface area contributed by atoms with Gasteiger partial charge in [-0.3, -0.25) is 0 Å². The Morgan fingerprint density at radius 3 is 1.14 bits per heavy atom. The van der Waals surface area contributed by atoms with Gasteiger partial charge >= 0.3 is 0 Å². The van der Waals surface area contributed by atoms with Crippen molar-refractivity contribution in [3.63, 3.8) is 0 Å². The SMILES string of the molecule is CC.CC.Cc1ccc2[nH]c(C)c(C)c2c1.Cc1ccc2[nH]c(C)c(C)c2c1. The molecule has 0 radical (unpaired) electrons. The molecule has 0 saturated carbocycles. The Balaban J connectivity index is 0.000000238. The van der Waals surface area contributed by atoms with E-state index >= 15 is 0 Å². The summed E-state index contributed by atoms with van der Waals surface area (Å²) in [6, 6.07) is 13.0. The molecule has 0 saturated heterocycles. The maximum Gasteiger partial charge on any atom is 0.0458 e. The van der Waals surface area contributed by atoms with E-state index in [1.54, 1.807) is 0 Å². The van der Waals surface area contributed by atoms with Gasteiger partial charge in [-0.15, -0.1) is 0 Å². The number of aromatic nitrogens is 2. The summed E-state index contributed by atoms with van der Waals surface area (Å²) in [4.78, 5) is 6.71. The fourth-order valence-corrected chi connectivity index (χ4v) is 3.15. The first-order chi connectivity index (χ1) is 13.4. The lowest BCUT2D eigenvalue weighted by Crippen LogP contribution is -1.72. The van der Waals surface area contributed by atoms with E-state index in [0.29, 0.717) is 0 Å². The largest absolute Gasteiger partial charge is 0.358 e. The molecule has 0 unspecified atom stereocenters. The molecule has 2 aromatic carbocycles. The van der Waals surface area contributed by atoms with Gasteiger partial charge in [-0.1, -0.05) is 51.0 Å². The minimum absolute atomic E-state index is 1.25. The van der Waals surface area contributed by atoms with Crippen LogP contribution >= 0.6 is 0 Å². The van der Waals surface area contributed by atoms with Crippen LogP contribution in [0.25, 0.3) is 21.8 Å². The van der Waals surface area contributed by atoms with Gasteiger partial charge in [0.05, 0.1) is 0 Å². The zero-order valence-electron chi connectivity index (χ0n) is 19.5. The van der Waals surface area contributed by atoms with Crippen LogP contribution in [0.1, 0.15) is 61.3 Å². The summed E-state index contributed by atoms with van der Waals surface area (Å²) in [6.45, 7) is 20.8. The second-order valence-corrected chi connectivity index (χ2v) is 6.85. The van der Waals surface area contributed by atoms with Gasteiger partial charge < -0.3 is 9.97 Å². The van der Waals surface area contributed by atoms with Crippen molar-refractivity contribution in [2.24, 2.45) is 0 Å². The molecule has 0 atom stereocenters. The summed E-state index contributed by atoms with van der Waals surface area (Å²) in [7, 11) is 0. The summed E-state index contributed by atoms with van der Waals surface area (Å²) in [6.07, 6.45) is 0. The molecule has 0 spiro atoms. The molecule has 0 amide bonds. The molecule has 0 aliphatic rings. The van der Waals surface area contributed by atoms with Crippen molar-refractivity contribution >= 4 is 21.8 Å². The van der Waals surface area contributed by atoms with Crippen LogP contribution in [-0.4, -0.2) is 9.97 Å². The maximum atomic E-state index is 3.35. The quantitative estimate of drug-likeness (QED) is 0.309. The van der Waals surface area contributed by atoms with Crippen molar-refractivity contribution in [1.29, 1.82) is 0 Å². The molecule has 2 heterocycles. The first-order valence-electron chi connectivity index (χ1n) is 10.5. The van der Waals surface area contributed by atoms with E-state index in [1.807, 2.05) is 27.7 Å². The van der Waals surface area contributed by atoms with Gasteiger partial charge in [-0.05, 0) is 76.9 Å². The minimum atomic E-state index is 1.25. The molecule has 4 aromatic rings. The van der Waals surface area contributed by atoms with E-state index in [0.717, 1.165) is 0 Å². The van der Waals surface area contributed by atoms with E-state index in [4.69, 9.17) is 0 Å². The van der Waals surface area contributed by atoms with Gasteiger partial charge in [0.15, 0.2) is 0 Å². The number of rotatable bonds is 0. The minimum Gasteiger partial charge on any atom is -0.358 e. The summed E-state index contributed by atoms with van der Waals surface area (Å²) >= 11 is 0. The molecule has 0 aliphatic carbocycles. The predicted molar refractivity (Wildman–Crippen MR) is 128 cm³/mol. The molecule has 2 N–H and O–H groups in total. The van der Waals surface area contributed by atoms with Crippen molar-refractivity contribution < 1.29 is 0 Å². The first-order valence-corrected chi connectivity index (χ1v) is 10.5. The number of aromatic amines is 2. The first kappa shape index (κ1) is 23.6. The van der Waals surface area contributed by atoms with Crippen LogP contribution < -0.4 is 0 Å². The van der Waals surface area contributed by atoms with Crippen LogP contribution in [0.5, 0.6) is 0 Å². The van der Waals surface area contributed by atoms with Gasteiger partial charge in [0.25, 0.3) is 0 Å². The third-order valence-corrected chi connectivity index (χ3v) is 4.93. The number of nitrogens with one attached hydrogen (secondary N) is 2. The van der Waals surface area contributed by atoms with E-state index in [-0.39, 0.29) is 0 Å². The summed E-state index contributed by atoms with van der Waals surface area (Å²) in [5.74, 6) is 0. The normalized spacial score (nSPS) is 9.79. The summed E-state index contributed by atoms with van der Waals surface area (Å²) in [5, 5.41) is 2.71. The average Bonchev–Trinajstić information content (AvgIpc) is 3.15. The van der Waals surface area contributed by atoms with Crippen molar-refractivity contribution in [2.45, 2.75) is 69.2 Å². The maximum absolute atomic E-state index is 3.35. The Kier molecular flexibility index (Phi) is 9.05. The Bertz CT molecular complexity index is 932. The Hall–Kier alpha value is -2.48. The highest BCUT2D eigenvalue weighted by atomic mass is 14.7. The Morgan fingerprint density at radius 1 is 0.500 bits per heavy atom. The van der Waals surface area contributed by atoms with Crippen LogP contribution in [0.4, 0.5) is 0 Å². The summed E-state index contributed by atoms with van der Waals surface area (Å²) < 4.78 is 0. The lowest BCUT2D eigenvalue weighted by atomic mass is 10.1. The fraction of sp³-hybridized carbons (Fsp3) is 0.385. The van der Waals surface area contributed by atoms with Crippen LogP contribution in [0, 0.1) is 41.5 Å². The second-order valence-electron chi connectivity index (χ2n) is 6.85. The third kappa shape index (κ3) is 5.28. The highest BCUT2D eigenvalue weighted by Crippen LogP contribution is 2.22. The highest BCUT2D eigenvalue weighted by Gasteiger charge is 2.03. The third-order valence-electron chi connectivity index (χ3n) is 4.93. The topological polar surface area (TPSA) is 31.6 Å². The standard InChI is InChI=1S/2C11H13N.2C2H6/c2*1-7-4-5-11-10(6-7)8(2)9(3)12-11;2*1-2/h2*4-6,12H,1-3H3;2*1-2H3. The lowest BCUT2D eigenvalue weighted by Gasteiger charge is -1.93. The van der Waals surface area contributed by atoms with Crippen molar-refractivity contribution in [3.8, 4) is 0 Å². The van der Waals surface area contributed by atoms with Gasteiger partial charge in [-0.2, -0.15) is 0 Å². The monoisotopic (exact) mass is 378 g/mol. The van der Waals surface area contributed by atoms with Gasteiger partial charge in [0.2, 0.25) is 0 Å². The van der Waals surface area contributed by atoms with E-state index < -0.39 is 0 Å². The predicted octanol–water partition coefficient (Wildman–Crippen LogP) is 8.24. The van der Waals surface area contributed by atoms with Crippen molar-refractivity contribution in [3.05, 3.63) is 70.0 Å². The molecule has 0 fully saturated rings. The smallest absolute Gasteiger partial charge is 0.0458 e. The van der Waals surface area contributed by atoms with Gasteiger partial charge in [0.1, 0.15) is 0 Å². The van der Waals surface area contributed by atoms with E-state index in [9.17, 15) is 0 Å². The van der Waals surface area contributed by atoms with Crippen LogP contribution in [-0.2, 0) is 0 Å². The molecule has 0 bridgehead atoms. The molecule has 152 valence electrons. The van der Waals surface area contributed by atoms with Crippen LogP contribution in [0.3, 0.4) is 0 Å². The number of aryl methyl sites for hydroxylation is 6. The van der Waals surface area contributed by atoms with Gasteiger partial charge in [-0.25, -0.2) is 0 Å². The molecular weight excluding hydrogens is 340 g/mol. The molecule has 0 aliphatic heterocycles. The Labute approximate surface area is 171 Å². The molecule has 2 nitrogen and oxygen atoms in total. The number of benzene rings is 2. The second kappa shape index (κ2) is 10.8. The Morgan fingerprint density at radius 2 is 0.821 bits per heavy atom. The number of hydrogen-bond donors (Lipinski definition) is 2. The highest BCUT2D eigenvalue weighted by molar-refractivity contribution is 5.85. The molecule has 28 heavy (non-hydrogen) atoms. The zero-order valence-corrected chi connectivity index (χ0v) is 19.5. The molecule has 4 rings (SSSR count). The zero-order chi connectivity index (χ0) is 21.4. The molecule has 2 aromatic heterocycles. The number of H-pyrrole nitrogens is 2. The van der Waals surface area contributed by atoms with E-state index in [2.05, 4.69) is 87.9 Å². The van der Waals surface area contributed by atoms with Crippen molar-refractivity contribution in [1.82, 2.24) is 9.97 Å². The average molecular weight is 379 g/mol. The molecule has 2 heteroatoms. The van der Waals surface area contributed by atoms with E-state index in [1.165, 1.54) is 55.4 Å². The number of hydrogen-bond acceptors (Lipinski definition) is 0. The van der Waals surface area contributed by atoms with Crippen molar-refractivity contribution in [2.75, 3.05) is 0 Å². The lowest BCUT2D eigenvalue weighted by molar-refractivity contribution is 1.25. The van der Waals surface area contributed by atoms with Crippen LogP contribution in [0.2, 0.25) is 0 Å². The van der Waals surface area contributed by atoms with Crippen LogP contribution in [0.15, 0.2) is 36.4 Å².